The zero-order valence-electron chi connectivity index (χ0n) is 11.5. The van der Waals surface area contributed by atoms with E-state index in [1.165, 1.54) is 0 Å². The predicted octanol–water partition coefficient (Wildman–Crippen LogP) is 0.410. The van der Waals surface area contributed by atoms with E-state index < -0.39 is 6.10 Å². The number of nitrogens with two attached hydrogens (primary N) is 1. The molecule has 0 fully saturated rings. The molecule has 1 aromatic carbocycles. The normalized spacial score (nSPS) is 11.9. The van der Waals surface area contributed by atoms with Crippen LogP contribution in [-0.4, -0.2) is 37.0 Å². The van der Waals surface area contributed by atoms with E-state index in [9.17, 15) is 5.11 Å². The first kappa shape index (κ1) is 15.4. The largest absolute Gasteiger partial charge is 0.487 e. The fourth-order valence-electron chi connectivity index (χ4n) is 1.49. The summed E-state index contributed by atoms with van der Waals surface area (Å²) in [6.07, 6.45) is 4.65. The summed E-state index contributed by atoms with van der Waals surface area (Å²) >= 11 is 0. The summed E-state index contributed by atoms with van der Waals surface area (Å²) < 4.78 is 10.9. The molecule has 0 aliphatic rings. The second-order valence-electron chi connectivity index (χ2n) is 4.62. The molecule has 19 heavy (non-hydrogen) atoms. The first-order chi connectivity index (χ1) is 9.13. The molecular weight excluding hydrogens is 242 g/mol. The van der Waals surface area contributed by atoms with E-state index in [-0.39, 0.29) is 13.2 Å². The molecule has 0 aromatic heterocycles. The Hall–Kier alpha value is -1.70. The van der Waals surface area contributed by atoms with Gasteiger partial charge in [-0.25, -0.2) is 0 Å². The number of benzene rings is 1. The zero-order valence-corrected chi connectivity index (χ0v) is 11.5. The summed E-state index contributed by atoms with van der Waals surface area (Å²) in [4.78, 5) is 0. The van der Waals surface area contributed by atoms with Crippen LogP contribution in [0.25, 0.3) is 0 Å². The average molecular weight is 264 g/mol. The molecule has 0 radical (unpaired) electrons. The van der Waals surface area contributed by atoms with Crippen LogP contribution < -0.4 is 14.8 Å². The van der Waals surface area contributed by atoms with Gasteiger partial charge in [0, 0.05) is 0 Å². The van der Waals surface area contributed by atoms with Crippen molar-refractivity contribution in [2.24, 2.45) is 0 Å². The van der Waals surface area contributed by atoms with Gasteiger partial charge < -0.3 is 19.9 Å². The maximum atomic E-state index is 9.80. The average Bonchev–Trinajstić information content (AvgIpc) is 2.41. The summed E-state index contributed by atoms with van der Waals surface area (Å²) in [6.45, 7) is 5.21. The third kappa shape index (κ3) is 6.14. The van der Waals surface area contributed by atoms with E-state index in [2.05, 4.69) is 25.1 Å². The number of quaternary nitrogens is 1. The van der Waals surface area contributed by atoms with Crippen molar-refractivity contribution < 1.29 is 19.9 Å². The molecule has 0 spiro atoms. The van der Waals surface area contributed by atoms with E-state index >= 15 is 0 Å². The number of rotatable bonds is 8. The van der Waals surface area contributed by atoms with Gasteiger partial charge in [-0.1, -0.05) is 18.1 Å². The van der Waals surface area contributed by atoms with Crippen LogP contribution in [-0.2, 0) is 0 Å². The summed E-state index contributed by atoms with van der Waals surface area (Å²) in [5.41, 5.74) is 0. The molecule has 1 unspecified atom stereocenters. The van der Waals surface area contributed by atoms with E-state index in [0.717, 1.165) is 0 Å². The summed E-state index contributed by atoms with van der Waals surface area (Å²) in [7, 11) is 0. The number of hydrogen-bond donors (Lipinski definition) is 2. The quantitative estimate of drug-likeness (QED) is 0.669. The number of ether oxygens (including phenoxy) is 2. The zero-order chi connectivity index (χ0) is 14.1. The first-order valence-electron chi connectivity index (χ1n) is 6.43. The van der Waals surface area contributed by atoms with Gasteiger partial charge >= 0.3 is 0 Å². The maximum Gasteiger partial charge on any atom is 0.162 e. The van der Waals surface area contributed by atoms with Gasteiger partial charge in [0.25, 0.3) is 0 Å². The van der Waals surface area contributed by atoms with Crippen molar-refractivity contribution >= 4 is 0 Å². The molecule has 0 saturated carbocycles. The van der Waals surface area contributed by atoms with Crippen LogP contribution in [0.2, 0.25) is 0 Å². The van der Waals surface area contributed by atoms with Crippen LogP contribution in [0, 0.1) is 12.3 Å². The SMILES string of the molecule is C#CCOc1ccccc1OCC(O)C[NH2+]C(C)C. The molecule has 0 aliphatic carbocycles. The number of aliphatic hydroxyl groups excluding tert-OH is 1. The van der Waals surface area contributed by atoms with E-state index in [1.54, 1.807) is 12.1 Å². The fraction of sp³-hybridized carbons (Fsp3) is 0.467. The summed E-state index contributed by atoms with van der Waals surface area (Å²) in [5, 5.41) is 11.9. The first-order valence-corrected chi connectivity index (χ1v) is 6.43. The van der Waals surface area contributed by atoms with Gasteiger partial charge in [-0.05, 0) is 26.0 Å². The fourth-order valence-corrected chi connectivity index (χ4v) is 1.49. The Morgan fingerprint density at radius 3 is 2.47 bits per heavy atom. The van der Waals surface area contributed by atoms with Crippen molar-refractivity contribution in [3.63, 3.8) is 0 Å². The minimum atomic E-state index is -0.511. The minimum Gasteiger partial charge on any atom is -0.487 e. The van der Waals surface area contributed by atoms with Crippen molar-refractivity contribution in [3.8, 4) is 23.8 Å². The van der Waals surface area contributed by atoms with Crippen molar-refractivity contribution in [1.82, 2.24) is 0 Å². The molecule has 0 aliphatic heterocycles. The highest BCUT2D eigenvalue weighted by Crippen LogP contribution is 2.26. The molecule has 3 N–H and O–H groups in total. The number of aliphatic hydroxyl groups is 1. The smallest absolute Gasteiger partial charge is 0.162 e. The number of para-hydroxylation sites is 2. The lowest BCUT2D eigenvalue weighted by atomic mass is 10.3. The Kier molecular flexibility index (Phi) is 6.80. The number of terminal acetylenes is 1. The molecular formula is C15H22NO3+. The van der Waals surface area contributed by atoms with E-state index in [1.807, 2.05) is 12.1 Å². The van der Waals surface area contributed by atoms with Gasteiger partial charge in [-0.2, -0.15) is 0 Å². The van der Waals surface area contributed by atoms with Crippen molar-refractivity contribution in [2.75, 3.05) is 19.8 Å². The topological polar surface area (TPSA) is 55.3 Å². The number of hydrogen-bond acceptors (Lipinski definition) is 3. The van der Waals surface area contributed by atoms with Gasteiger partial charge in [0.2, 0.25) is 0 Å². The van der Waals surface area contributed by atoms with Gasteiger partial charge in [-0.15, -0.1) is 6.42 Å². The van der Waals surface area contributed by atoms with Crippen molar-refractivity contribution in [2.45, 2.75) is 26.0 Å². The monoisotopic (exact) mass is 264 g/mol. The second kappa shape index (κ2) is 8.41. The van der Waals surface area contributed by atoms with Gasteiger partial charge in [0.05, 0.1) is 6.04 Å². The molecule has 1 rings (SSSR count). The molecule has 0 saturated heterocycles. The lowest BCUT2D eigenvalue weighted by molar-refractivity contribution is -0.688. The van der Waals surface area contributed by atoms with Gasteiger partial charge in [0.1, 0.15) is 25.9 Å². The molecule has 1 aromatic rings. The highest BCUT2D eigenvalue weighted by atomic mass is 16.5. The Morgan fingerprint density at radius 2 is 1.89 bits per heavy atom. The lowest BCUT2D eigenvalue weighted by Gasteiger charge is -2.14. The predicted molar refractivity (Wildman–Crippen MR) is 74.2 cm³/mol. The van der Waals surface area contributed by atoms with Crippen LogP contribution in [0.1, 0.15) is 13.8 Å². The molecule has 0 heterocycles. The van der Waals surface area contributed by atoms with Crippen LogP contribution >= 0.6 is 0 Å². The van der Waals surface area contributed by atoms with Crippen molar-refractivity contribution in [3.05, 3.63) is 24.3 Å². The van der Waals surface area contributed by atoms with Crippen LogP contribution in [0.3, 0.4) is 0 Å². The molecule has 104 valence electrons. The summed E-state index contributed by atoms with van der Waals surface area (Å²) in [6, 6.07) is 7.75. The lowest BCUT2D eigenvalue weighted by Crippen LogP contribution is -2.90. The van der Waals surface area contributed by atoms with E-state index in [0.29, 0.717) is 24.1 Å². The highest BCUT2D eigenvalue weighted by Gasteiger charge is 2.10. The Labute approximate surface area is 114 Å². The maximum absolute atomic E-state index is 9.80. The molecule has 1 atom stereocenters. The van der Waals surface area contributed by atoms with Crippen LogP contribution in [0.5, 0.6) is 11.5 Å². The molecule has 0 bridgehead atoms. The second-order valence-corrected chi connectivity index (χ2v) is 4.62. The third-order valence-electron chi connectivity index (χ3n) is 2.47. The summed E-state index contributed by atoms with van der Waals surface area (Å²) in [5.74, 6) is 3.61. The molecule has 0 amide bonds. The Bertz CT molecular complexity index is 412. The van der Waals surface area contributed by atoms with Gasteiger partial charge in [-0.3, -0.25) is 0 Å². The highest BCUT2D eigenvalue weighted by molar-refractivity contribution is 5.39. The standard InChI is InChI=1S/C15H21NO3/c1-4-9-18-14-7-5-6-8-15(14)19-11-13(17)10-16-12(2)3/h1,5-8,12-13,16-17H,9-11H2,2-3H3/p+1. The Balaban J connectivity index is 2.46. The molecule has 4 nitrogen and oxygen atoms in total. The van der Waals surface area contributed by atoms with Gasteiger partial charge in [0.15, 0.2) is 11.5 Å². The molecule has 4 heteroatoms. The van der Waals surface area contributed by atoms with E-state index in [4.69, 9.17) is 15.9 Å². The Morgan fingerprint density at radius 1 is 1.26 bits per heavy atom. The third-order valence-corrected chi connectivity index (χ3v) is 2.47. The van der Waals surface area contributed by atoms with Crippen LogP contribution in [0.4, 0.5) is 0 Å². The minimum absolute atomic E-state index is 0.198. The van der Waals surface area contributed by atoms with Crippen LogP contribution in [0.15, 0.2) is 24.3 Å². The van der Waals surface area contributed by atoms with Crippen molar-refractivity contribution in [1.29, 1.82) is 0 Å².